The van der Waals surface area contributed by atoms with E-state index in [1.165, 1.54) is 18.3 Å². The second-order valence-electron chi connectivity index (χ2n) is 6.58. The summed E-state index contributed by atoms with van der Waals surface area (Å²) in [4.78, 5) is 40.7. The first-order chi connectivity index (χ1) is 14.4. The standard InChI is InChI=1S/C22H21N3O4S/c1-14-7-6-10-17(11-14)21(28)23-12-19(26)29-15(2)20(27)25-22-24-18(13-30-22)16-8-4-3-5-9-16/h3-11,13,15H,12H2,1-2H3,(H,23,28)(H,24,25,27)/t15-/m1/s1. The van der Waals surface area contributed by atoms with Crippen LogP contribution in [-0.2, 0) is 14.3 Å². The van der Waals surface area contributed by atoms with Crippen LogP contribution in [0.5, 0.6) is 0 Å². The van der Waals surface area contributed by atoms with Crippen molar-refractivity contribution in [3.05, 3.63) is 71.1 Å². The maximum Gasteiger partial charge on any atom is 0.326 e. The molecule has 0 aliphatic carbocycles. The molecule has 154 valence electrons. The third-order valence-corrected chi connectivity index (χ3v) is 4.91. The third-order valence-electron chi connectivity index (χ3n) is 4.15. The Balaban J connectivity index is 1.47. The zero-order chi connectivity index (χ0) is 21.5. The smallest absolute Gasteiger partial charge is 0.326 e. The van der Waals surface area contributed by atoms with Crippen LogP contribution in [0.3, 0.4) is 0 Å². The predicted octanol–water partition coefficient (Wildman–Crippen LogP) is 3.42. The fourth-order valence-corrected chi connectivity index (χ4v) is 3.34. The molecule has 3 rings (SSSR count). The Morgan fingerprint density at radius 3 is 2.60 bits per heavy atom. The van der Waals surface area contributed by atoms with Gasteiger partial charge in [0.05, 0.1) is 5.69 Å². The van der Waals surface area contributed by atoms with Crippen LogP contribution in [0.2, 0.25) is 0 Å². The molecule has 0 saturated heterocycles. The van der Waals surface area contributed by atoms with E-state index in [0.29, 0.717) is 10.7 Å². The maximum atomic E-state index is 12.3. The summed E-state index contributed by atoms with van der Waals surface area (Å²) in [6.07, 6.45) is -1.03. The number of hydrogen-bond donors (Lipinski definition) is 2. The molecule has 0 saturated carbocycles. The SMILES string of the molecule is Cc1cccc(C(=O)NCC(=O)O[C@H](C)C(=O)Nc2nc(-c3ccccc3)cs2)c1. The van der Waals surface area contributed by atoms with E-state index in [2.05, 4.69) is 15.6 Å². The summed E-state index contributed by atoms with van der Waals surface area (Å²) in [5, 5.41) is 7.37. The first-order valence-corrected chi connectivity index (χ1v) is 10.2. The fraction of sp³-hybridized carbons (Fsp3) is 0.182. The molecule has 1 heterocycles. The number of aromatic nitrogens is 1. The molecule has 2 aromatic carbocycles. The average Bonchev–Trinajstić information content (AvgIpc) is 3.21. The number of carbonyl (C=O) groups excluding carboxylic acids is 3. The number of esters is 1. The number of amides is 2. The second-order valence-corrected chi connectivity index (χ2v) is 7.44. The highest BCUT2D eigenvalue weighted by Gasteiger charge is 2.20. The molecule has 0 radical (unpaired) electrons. The van der Waals surface area contributed by atoms with Crippen molar-refractivity contribution in [2.45, 2.75) is 20.0 Å². The van der Waals surface area contributed by atoms with Crippen molar-refractivity contribution in [1.29, 1.82) is 0 Å². The Morgan fingerprint density at radius 2 is 1.87 bits per heavy atom. The molecule has 30 heavy (non-hydrogen) atoms. The molecule has 0 aliphatic rings. The Morgan fingerprint density at radius 1 is 1.10 bits per heavy atom. The number of benzene rings is 2. The van der Waals surface area contributed by atoms with Gasteiger partial charge in [0, 0.05) is 16.5 Å². The van der Waals surface area contributed by atoms with E-state index in [-0.39, 0.29) is 12.5 Å². The van der Waals surface area contributed by atoms with Crippen LogP contribution in [0.4, 0.5) is 5.13 Å². The van der Waals surface area contributed by atoms with Crippen LogP contribution < -0.4 is 10.6 Å². The molecular formula is C22H21N3O4S. The van der Waals surface area contributed by atoms with Crippen LogP contribution in [0.25, 0.3) is 11.3 Å². The van der Waals surface area contributed by atoms with Gasteiger partial charge in [-0.05, 0) is 26.0 Å². The molecule has 3 aromatic rings. The topological polar surface area (TPSA) is 97.4 Å². The van der Waals surface area contributed by atoms with Gasteiger partial charge in [-0.15, -0.1) is 11.3 Å². The van der Waals surface area contributed by atoms with Gasteiger partial charge < -0.3 is 10.1 Å². The summed E-state index contributed by atoms with van der Waals surface area (Å²) in [5.41, 5.74) is 3.08. The summed E-state index contributed by atoms with van der Waals surface area (Å²) >= 11 is 1.28. The number of anilines is 1. The predicted molar refractivity (Wildman–Crippen MR) is 115 cm³/mol. The first kappa shape index (κ1) is 21.2. The van der Waals surface area contributed by atoms with E-state index in [4.69, 9.17) is 4.74 Å². The average molecular weight is 423 g/mol. The van der Waals surface area contributed by atoms with Crippen molar-refractivity contribution in [3.8, 4) is 11.3 Å². The molecule has 0 fully saturated rings. The Labute approximate surface area is 178 Å². The van der Waals surface area contributed by atoms with Gasteiger partial charge in [0.25, 0.3) is 11.8 Å². The second kappa shape index (κ2) is 9.80. The van der Waals surface area contributed by atoms with Gasteiger partial charge in [-0.1, -0.05) is 48.0 Å². The van der Waals surface area contributed by atoms with Crippen LogP contribution in [-0.4, -0.2) is 35.4 Å². The molecule has 1 aromatic heterocycles. The summed E-state index contributed by atoms with van der Waals surface area (Å²) in [5.74, 6) is -1.59. The van der Waals surface area contributed by atoms with Gasteiger partial charge in [0.15, 0.2) is 11.2 Å². The van der Waals surface area contributed by atoms with Gasteiger partial charge in [-0.2, -0.15) is 0 Å². The minimum Gasteiger partial charge on any atom is -0.451 e. The van der Waals surface area contributed by atoms with E-state index >= 15 is 0 Å². The normalized spacial score (nSPS) is 11.4. The molecular weight excluding hydrogens is 402 g/mol. The summed E-state index contributed by atoms with van der Waals surface area (Å²) in [6.45, 7) is 3.00. The van der Waals surface area contributed by atoms with E-state index in [0.717, 1.165) is 16.8 Å². The van der Waals surface area contributed by atoms with Crippen molar-refractivity contribution >= 4 is 34.3 Å². The van der Waals surface area contributed by atoms with Gasteiger partial charge in [-0.25, -0.2) is 4.98 Å². The number of hydrogen-bond acceptors (Lipinski definition) is 6. The molecule has 0 unspecified atom stereocenters. The number of nitrogens with zero attached hydrogens (tertiary/aromatic N) is 1. The number of nitrogens with one attached hydrogen (secondary N) is 2. The Kier molecular flexibility index (Phi) is 6.92. The quantitative estimate of drug-likeness (QED) is 0.568. The lowest BCUT2D eigenvalue weighted by atomic mass is 10.1. The van der Waals surface area contributed by atoms with Crippen LogP contribution >= 0.6 is 11.3 Å². The highest BCUT2D eigenvalue weighted by atomic mass is 32.1. The maximum absolute atomic E-state index is 12.3. The number of aryl methyl sites for hydroxylation is 1. The van der Waals surface area contributed by atoms with Crippen LogP contribution in [0.15, 0.2) is 60.0 Å². The van der Waals surface area contributed by atoms with Crippen molar-refractivity contribution in [1.82, 2.24) is 10.3 Å². The van der Waals surface area contributed by atoms with E-state index in [1.807, 2.05) is 48.7 Å². The summed E-state index contributed by atoms with van der Waals surface area (Å²) in [6, 6.07) is 16.6. The Bertz CT molecular complexity index is 1050. The van der Waals surface area contributed by atoms with Crippen molar-refractivity contribution in [2.24, 2.45) is 0 Å². The van der Waals surface area contributed by atoms with Gasteiger partial charge in [0.2, 0.25) is 0 Å². The summed E-state index contributed by atoms with van der Waals surface area (Å²) < 4.78 is 5.10. The molecule has 7 nitrogen and oxygen atoms in total. The highest BCUT2D eigenvalue weighted by Crippen LogP contribution is 2.24. The minimum absolute atomic E-state index is 0.334. The minimum atomic E-state index is -1.03. The van der Waals surface area contributed by atoms with E-state index in [9.17, 15) is 14.4 Å². The zero-order valence-electron chi connectivity index (χ0n) is 16.5. The van der Waals surface area contributed by atoms with Gasteiger partial charge in [-0.3, -0.25) is 19.7 Å². The molecule has 0 bridgehead atoms. The molecule has 0 spiro atoms. The molecule has 1 atom stereocenters. The summed E-state index contributed by atoms with van der Waals surface area (Å²) in [7, 11) is 0. The van der Waals surface area contributed by atoms with Gasteiger partial charge >= 0.3 is 5.97 Å². The largest absolute Gasteiger partial charge is 0.451 e. The lowest BCUT2D eigenvalue weighted by molar-refractivity contribution is -0.152. The molecule has 2 amide bonds. The number of ether oxygens (including phenoxy) is 1. The van der Waals surface area contributed by atoms with Crippen LogP contribution in [0, 0.1) is 6.92 Å². The zero-order valence-corrected chi connectivity index (χ0v) is 17.4. The van der Waals surface area contributed by atoms with Crippen molar-refractivity contribution < 1.29 is 19.1 Å². The molecule has 8 heteroatoms. The van der Waals surface area contributed by atoms with E-state index < -0.39 is 18.0 Å². The lowest BCUT2D eigenvalue weighted by Crippen LogP contribution is -2.35. The third kappa shape index (κ3) is 5.74. The highest BCUT2D eigenvalue weighted by molar-refractivity contribution is 7.14. The lowest BCUT2D eigenvalue weighted by Gasteiger charge is -2.13. The molecule has 2 N–H and O–H groups in total. The number of carbonyl (C=O) groups is 3. The Hall–Kier alpha value is -3.52. The van der Waals surface area contributed by atoms with Gasteiger partial charge in [0.1, 0.15) is 6.54 Å². The van der Waals surface area contributed by atoms with Crippen molar-refractivity contribution in [3.63, 3.8) is 0 Å². The van der Waals surface area contributed by atoms with Crippen molar-refractivity contribution in [2.75, 3.05) is 11.9 Å². The fourth-order valence-electron chi connectivity index (χ4n) is 2.61. The monoisotopic (exact) mass is 423 g/mol. The number of thiazole rings is 1. The number of rotatable bonds is 7. The first-order valence-electron chi connectivity index (χ1n) is 9.28. The van der Waals surface area contributed by atoms with Crippen LogP contribution in [0.1, 0.15) is 22.8 Å². The van der Waals surface area contributed by atoms with E-state index in [1.54, 1.807) is 18.2 Å². The molecule has 0 aliphatic heterocycles.